The number of hydrogen-bond acceptors (Lipinski definition) is 7. The molecular formula is C14H12BrN3O2S2. The van der Waals surface area contributed by atoms with Gasteiger partial charge < -0.3 is 9.73 Å². The summed E-state index contributed by atoms with van der Waals surface area (Å²) in [5.41, 5.74) is 1.18. The molecule has 0 unspecified atom stereocenters. The van der Waals surface area contributed by atoms with Gasteiger partial charge in [-0.05, 0) is 30.7 Å². The number of benzene rings is 1. The summed E-state index contributed by atoms with van der Waals surface area (Å²) in [6, 6.07) is 7.22. The molecule has 0 aliphatic rings. The van der Waals surface area contributed by atoms with Crippen LogP contribution in [-0.2, 0) is 5.75 Å². The normalized spacial score (nSPS) is 11.0. The molecule has 1 aromatic carbocycles. The van der Waals surface area contributed by atoms with Crippen LogP contribution in [0, 0.1) is 0 Å². The monoisotopic (exact) mass is 397 g/mol. The van der Waals surface area contributed by atoms with Gasteiger partial charge in [-0.15, -0.1) is 10.2 Å². The predicted octanol–water partition coefficient (Wildman–Crippen LogP) is 4.13. The first-order chi connectivity index (χ1) is 10.7. The highest BCUT2D eigenvalue weighted by Gasteiger charge is 2.09. The number of nitrogens with one attached hydrogen (secondary N) is 1. The van der Waals surface area contributed by atoms with Crippen molar-refractivity contribution >= 4 is 55.1 Å². The molecule has 3 rings (SSSR count). The van der Waals surface area contributed by atoms with E-state index in [0.29, 0.717) is 11.3 Å². The summed E-state index contributed by atoms with van der Waals surface area (Å²) in [6.45, 7) is 2.83. The average molecular weight is 398 g/mol. The van der Waals surface area contributed by atoms with Crippen molar-refractivity contribution in [3.05, 3.63) is 44.7 Å². The Kier molecular flexibility index (Phi) is 4.80. The number of aromatic nitrogens is 2. The van der Waals surface area contributed by atoms with Crippen molar-refractivity contribution in [1.29, 1.82) is 0 Å². The van der Waals surface area contributed by atoms with Crippen molar-refractivity contribution in [3.8, 4) is 0 Å². The molecule has 5 nitrogen and oxygen atoms in total. The third kappa shape index (κ3) is 3.50. The van der Waals surface area contributed by atoms with E-state index in [-0.39, 0.29) is 5.63 Å². The summed E-state index contributed by atoms with van der Waals surface area (Å²) in [5, 5.41) is 13.1. The van der Waals surface area contributed by atoms with Crippen molar-refractivity contribution < 1.29 is 4.42 Å². The first-order valence-corrected chi connectivity index (χ1v) is 9.17. The molecule has 0 amide bonds. The minimum atomic E-state index is -0.341. The second kappa shape index (κ2) is 6.80. The zero-order valence-electron chi connectivity index (χ0n) is 11.6. The Balaban J connectivity index is 1.85. The molecule has 3 aromatic rings. The minimum absolute atomic E-state index is 0.341. The molecule has 0 aliphatic carbocycles. The summed E-state index contributed by atoms with van der Waals surface area (Å²) >= 11 is 6.45. The fourth-order valence-electron chi connectivity index (χ4n) is 1.95. The van der Waals surface area contributed by atoms with E-state index in [1.807, 2.05) is 19.1 Å². The first kappa shape index (κ1) is 15.5. The molecule has 2 heterocycles. The Morgan fingerprint density at radius 3 is 3.05 bits per heavy atom. The number of anilines is 1. The lowest BCUT2D eigenvalue weighted by atomic mass is 10.1. The van der Waals surface area contributed by atoms with E-state index < -0.39 is 0 Å². The Morgan fingerprint density at radius 1 is 1.36 bits per heavy atom. The molecule has 0 radical (unpaired) electrons. The number of fused-ring (bicyclic) bond motifs is 1. The average Bonchev–Trinajstić information content (AvgIpc) is 2.92. The number of nitrogens with zero attached hydrogens (tertiary/aromatic N) is 2. The lowest BCUT2D eigenvalue weighted by molar-refractivity contribution is 0.559. The van der Waals surface area contributed by atoms with Gasteiger partial charge in [0.15, 0.2) is 4.34 Å². The van der Waals surface area contributed by atoms with Crippen molar-refractivity contribution in [2.45, 2.75) is 17.0 Å². The predicted molar refractivity (Wildman–Crippen MR) is 93.8 cm³/mol. The van der Waals surface area contributed by atoms with Crippen LogP contribution in [0.1, 0.15) is 12.5 Å². The van der Waals surface area contributed by atoms with Crippen molar-refractivity contribution in [3.63, 3.8) is 0 Å². The van der Waals surface area contributed by atoms with Crippen molar-refractivity contribution in [1.82, 2.24) is 10.2 Å². The molecule has 0 saturated heterocycles. The minimum Gasteiger partial charge on any atom is -0.423 e. The topological polar surface area (TPSA) is 68.0 Å². The van der Waals surface area contributed by atoms with Crippen LogP contribution in [0.15, 0.2) is 42.3 Å². The van der Waals surface area contributed by atoms with Gasteiger partial charge in [-0.2, -0.15) is 0 Å². The van der Waals surface area contributed by atoms with E-state index in [0.717, 1.165) is 31.4 Å². The van der Waals surface area contributed by atoms with E-state index in [4.69, 9.17) is 4.42 Å². The Morgan fingerprint density at radius 2 is 2.23 bits per heavy atom. The van der Waals surface area contributed by atoms with E-state index in [1.165, 1.54) is 17.4 Å². The van der Waals surface area contributed by atoms with Gasteiger partial charge in [0.1, 0.15) is 5.58 Å². The Hall–Kier alpha value is -1.38. The van der Waals surface area contributed by atoms with Crippen LogP contribution in [0.3, 0.4) is 0 Å². The summed E-state index contributed by atoms with van der Waals surface area (Å²) in [7, 11) is 0. The molecule has 114 valence electrons. The summed E-state index contributed by atoms with van der Waals surface area (Å²) < 4.78 is 6.99. The first-order valence-electron chi connectivity index (χ1n) is 6.58. The fraction of sp³-hybridized carbons (Fsp3) is 0.214. The number of rotatable bonds is 5. The molecule has 22 heavy (non-hydrogen) atoms. The van der Waals surface area contributed by atoms with Crippen LogP contribution >= 0.6 is 39.0 Å². The molecule has 0 atom stereocenters. The molecular weight excluding hydrogens is 386 g/mol. The van der Waals surface area contributed by atoms with Gasteiger partial charge in [0.2, 0.25) is 5.13 Å². The zero-order chi connectivity index (χ0) is 15.5. The maximum atomic E-state index is 11.7. The van der Waals surface area contributed by atoms with Gasteiger partial charge in [-0.1, -0.05) is 39.0 Å². The van der Waals surface area contributed by atoms with Crippen molar-refractivity contribution in [2.24, 2.45) is 0 Å². The molecule has 0 aliphatic heterocycles. The van der Waals surface area contributed by atoms with Gasteiger partial charge in [0.25, 0.3) is 0 Å². The Labute approximate surface area is 143 Å². The summed E-state index contributed by atoms with van der Waals surface area (Å²) in [5.74, 6) is 0.643. The molecule has 0 fully saturated rings. The fourth-order valence-corrected chi connectivity index (χ4v) is 4.10. The SMILES string of the molecule is CCNc1nnc(SCc2cc(=O)oc3cc(Br)ccc23)s1. The van der Waals surface area contributed by atoms with Crippen LogP contribution in [-0.4, -0.2) is 16.7 Å². The molecule has 0 bridgehead atoms. The van der Waals surface area contributed by atoms with E-state index in [2.05, 4.69) is 31.4 Å². The van der Waals surface area contributed by atoms with Crippen LogP contribution in [0.5, 0.6) is 0 Å². The second-order valence-electron chi connectivity index (χ2n) is 4.42. The summed E-state index contributed by atoms with van der Waals surface area (Å²) in [4.78, 5) is 11.7. The van der Waals surface area contributed by atoms with Crippen LogP contribution < -0.4 is 10.9 Å². The number of halogens is 1. The van der Waals surface area contributed by atoms with Gasteiger partial charge in [-0.3, -0.25) is 0 Å². The lowest BCUT2D eigenvalue weighted by Gasteiger charge is -2.04. The summed E-state index contributed by atoms with van der Waals surface area (Å²) in [6.07, 6.45) is 0. The highest BCUT2D eigenvalue weighted by molar-refractivity contribution is 9.10. The van der Waals surface area contributed by atoms with Crippen molar-refractivity contribution in [2.75, 3.05) is 11.9 Å². The number of hydrogen-bond donors (Lipinski definition) is 1. The largest absolute Gasteiger partial charge is 0.423 e. The van der Waals surface area contributed by atoms with E-state index in [9.17, 15) is 4.79 Å². The maximum absolute atomic E-state index is 11.7. The third-order valence-electron chi connectivity index (χ3n) is 2.88. The van der Waals surface area contributed by atoms with Gasteiger partial charge >= 0.3 is 5.63 Å². The third-order valence-corrected chi connectivity index (χ3v) is 5.43. The highest BCUT2D eigenvalue weighted by atomic mass is 79.9. The molecule has 2 aromatic heterocycles. The molecule has 0 spiro atoms. The second-order valence-corrected chi connectivity index (χ2v) is 7.54. The number of thioether (sulfide) groups is 1. The smallest absolute Gasteiger partial charge is 0.336 e. The van der Waals surface area contributed by atoms with E-state index in [1.54, 1.807) is 17.8 Å². The maximum Gasteiger partial charge on any atom is 0.336 e. The quantitative estimate of drug-likeness (QED) is 0.515. The van der Waals surface area contributed by atoms with E-state index >= 15 is 0 Å². The lowest BCUT2D eigenvalue weighted by Crippen LogP contribution is -1.99. The molecule has 1 N–H and O–H groups in total. The van der Waals surface area contributed by atoms with Crippen LogP contribution in [0.25, 0.3) is 11.0 Å². The Bertz CT molecular complexity index is 863. The van der Waals surface area contributed by atoms with Gasteiger partial charge in [0, 0.05) is 28.2 Å². The highest BCUT2D eigenvalue weighted by Crippen LogP contribution is 2.30. The standard InChI is InChI=1S/C14H12BrN3O2S2/c1-2-16-13-17-18-14(22-13)21-7-8-5-12(19)20-11-6-9(15)3-4-10(8)11/h3-6H,2,7H2,1H3,(H,16,17). The van der Waals surface area contributed by atoms with Gasteiger partial charge in [0.05, 0.1) is 0 Å². The molecule has 0 saturated carbocycles. The van der Waals surface area contributed by atoms with Crippen LogP contribution in [0.4, 0.5) is 5.13 Å². The molecule has 8 heteroatoms. The van der Waals surface area contributed by atoms with Gasteiger partial charge in [-0.25, -0.2) is 4.79 Å². The zero-order valence-corrected chi connectivity index (χ0v) is 14.8. The van der Waals surface area contributed by atoms with Crippen LogP contribution in [0.2, 0.25) is 0 Å².